The van der Waals surface area contributed by atoms with Crippen LogP contribution in [0.1, 0.15) is 2.85 Å². The standard InChI is InChI=1S/Mg.H4NO3P.H2O.2H/c;1-5(2,3)4;;;/h;(H4,1,2,3,4);1H2;;/q+2;;;2*-1. The van der Waals surface area contributed by atoms with Crippen LogP contribution in [0, 0.1) is 0 Å². The molecule has 0 fully saturated rings. The van der Waals surface area contributed by atoms with E-state index in [0.29, 0.717) is 0 Å². The van der Waals surface area contributed by atoms with Gasteiger partial charge in [-0.15, -0.1) is 0 Å². The van der Waals surface area contributed by atoms with Crippen molar-refractivity contribution in [1.82, 2.24) is 0 Å². The van der Waals surface area contributed by atoms with Gasteiger partial charge in [0.15, 0.2) is 0 Å². The third-order valence-corrected chi connectivity index (χ3v) is 0. The van der Waals surface area contributed by atoms with Crippen LogP contribution >= 0.6 is 7.75 Å². The number of hydrogen-bond acceptors (Lipinski definition) is 1. The molecule has 0 aliphatic carbocycles. The van der Waals surface area contributed by atoms with E-state index in [-0.39, 0.29) is 31.4 Å². The first-order valence-corrected chi connectivity index (χ1v) is 2.52. The molecule has 5 nitrogen and oxygen atoms in total. The second kappa shape index (κ2) is 4.98. The van der Waals surface area contributed by atoms with E-state index >= 15 is 0 Å². The first-order chi connectivity index (χ1) is 2.00. The SMILES string of the molecule is NP(=O)(O)O.O.[H-].[H-].[Mg+2]. The molecule has 0 aromatic heterocycles. The van der Waals surface area contributed by atoms with Gasteiger partial charge in [-0.2, -0.15) is 0 Å². The van der Waals surface area contributed by atoms with Gasteiger partial charge in [0.25, 0.3) is 0 Å². The molecular weight excluding hydrogens is 133 g/mol. The maximum Gasteiger partial charge on any atom is 2.00 e. The van der Waals surface area contributed by atoms with Gasteiger partial charge < -0.3 is 18.1 Å². The Morgan fingerprint density at radius 3 is 1.57 bits per heavy atom. The van der Waals surface area contributed by atoms with Crippen molar-refractivity contribution in [1.29, 1.82) is 0 Å². The fraction of sp³-hybridized carbons (Fsp3) is 0. The van der Waals surface area contributed by atoms with Crippen LogP contribution in [-0.2, 0) is 4.57 Å². The summed E-state index contributed by atoms with van der Waals surface area (Å²) in [6, 6.07) is 0. The van der Waals surface area contributed by atoms with Gasteiger partial charge in [-0.05, 0) is 0 Å². The summed E-state index contributed by atoms with van der Waals surface area (Å²) in [4.78, 5) is 14.8. The van der Waals surface area contributed by atoms with E-state index in [1.165, 1.54) is 0 Å². The summed E-state index contributed by atoms with van der Waals surface area (Å²) in [5.41, 5.74) is 4.02. The largest absolute Gasteiger partial charge is 2.00 e. The van der Waals surface area contributed by atoms with Gasteiger partial charge in [0.1, 0.15) is 0 Å². The predicted octanol–water partition coefficient (Wildman–Crippen LogP) is -1.94. The zero-order valence-corrected chi connectivity index (χ0v) is 5.84. The van der Waals surface area contributed by atoms with E-state index in [2.05, 4.69) is 5.50 Å². The minimum atomic E-state index is -4.14. The predicted molar refractivity (Wildman–Crippen MR) is 27.8 cm³/mol. The van der Waals surface area contributed by atoms with Gasteiger partial charge in [-0.3, -0.25) is 0 Å². The molecule has 7 heavy (non-hydrogen) atoms. The second-order valence-electron chi connectivity index (χ2n) is 0.589. The second-order valence-corrected chi connectivity index (χ2v) is 1.77. The molecule has 0 aromatic rings. The molecule has 0 aliphatic heterocycles. The van der Waals surface area contributed by atoms with Crippen LogP contribution < -0.4 is 5.50 Å². The molecule has 0 rings (SSSR count). The molecule has 0 radical (unpaired) electrons. The molecule has 0 heterocycles. The number of hydrogen-bond donors (Lipinski definition) is 3. The molecule has 0 saturated heterocycles. The van der Waals surface area contributed by atoms with E-state index < -0.39 is 7.75 Å². The average Bonchev–Trinajstić information content (AvgIpc) is 0.722. The fourth-order valence-electron chi connectivity index (χ4n) is 0. The molecule has 0 atom stereocenters. The fourth-order valence-corrected chi connectivity index (χ4v) is 0. The number of nitrogens with two attached hydrogens (primary N) is 1. The molecule has 0 amide bonds. The third kappa shape index (κ3) is 229. The monoisotopic (exact) mass is 141 g/mol. The van der Waals surface area contributed by atoms with Crippen LogP contribution in [0.2, 0.25) is 0 Å². The first kappa shape index (κ1) is 15.7. The Balaban J connectivity index is -0.0000000133. The normalized spacial score (nSPS) is 8.43. The van der Waals surface area contributed by atoms with Gasteiger partial charge in [-0.1, -0.05) is 0 Å². The van der Waals surface area contributed by atoms with Crippen molar-refractivity contribution in [3.8, 4) is 0 Å². The van der Waals surface area contributed by atoms with Crippen LogP contribution in [-0.4, -0.2) is 38.3 Å². The van der Waals surface area contributed by atoms with Gasteiger partial charge in [0.05, 0.1) is 0 Å². The van der Waals surface area contributed by atoms with Gasteiger partial charge in [0.2, 0.25) is 0 Å². The Morgan fingerprint density at radius 2 is 1.57 bits per heavy atom. The zero-order valence-electron chi connectivity index (χ0n) is 5.53. The maximum atomic E-state index is 9.10. The molecular formula is H8MgNO4P. The van der Waals surface area contributed by atoms with E-state index in [0.717, 1.165) is 0 Å². The van der Waals surface area contributed by atoms with Crippen molar-refractivity contribution in [2.24, 2.45) is 5.50 Å². The van der Waals surface area contributed by atoms with E-state index in [4.69, 9.17) is 14.4 Å². The van der Waals surface area contributed by atoms with Crippen LogP contribution in [0.15, 0.2) is 0 Å². The molecule has 0 aromatic carbocycles. The van der Waals surface area contributed by atoms with Gasteiger partial charge in [0, 0.05) is 0 Å². The molecule has 0 spiro atoms. The minimum absolute atomic E-state index is 0. The molecule has 0 aliphatic rings. The summed E-state index contributed by atoms with van der Waals surface area (Å²) >= 11 is 0. The topological polar surface area (TPSA) is 115 Å². The van der Waals surface area contributed by atoms with E-state index in [1.807, 2.05) is 0 Å². The summed E-state index contributed by atoms with van der Waals surface area (Å²) in [7, 11) is -4.14. The Hall–Kier alpha value is 0.836. The minimum Gasteiger partial charge on any atom is -1.00 e. The number of rotatable bonds is 0. The van der Waals surface area contributed by atoms with Crippen molar-refractivity contribution in [3.05, 3.63) is 0 Å². The van der Waals surface area contributed by atoms with Crippen LogP contribution in [0.5, 0.6) is 0 Å². The summed E-state index contributed by atoms with van der Waals surface area (Å²) in [5.74, 6) is 0. The summed E-state index contributed by atoms with van der Waals surface area (Å²) in [6.07, 6.45) is 0. The van der Waals surface area contributed by atoms with Crippen LogP contribution in [0.4, 0.5) is 0 Å². The summed E-state index contributed by atoms with van der Waals surface area (Å²) < 4.78 is 9.10. The third-order valence-electron chi connectivity index (χ3n) is 0. The van der Waals surface area contributed by atoms with Crippen molar-refractivity contribution in [3.63, 3.8) is 0 Å². The Kier molecular flexibility index (Phi) is 11.1. The zero-order chi connectivity index (χ0) is 4.50. The van der Waals surface area contributed by atoms with Crippen LogP contribution in [0.25, 0.3) is 0 Å². The van der Waals surface area contributed by atoms with Crippen LogP contribution in [0.3, 0.4) is 0 Å². The Morgan fingerprint density at radius 1 is 1.57 bits per heavy atom. The van der Waals surface area contributed by atoms with Gasteiger partial charge in [-0.25, -0.2) is 10.1 Å². The van der Waals surface area contributed by atoms with E-state index in [9.17, 15) is 0 Å². The molecule has 7 heteroatoms. The Bertz CT molecular complexity index is 64.7. The smallest absolute Gasteiger partial charge is 1.00 e. The molecule has 6 N–H and O–H groups in total. The average molecular weight is 141 g/mol. The Labute approximate surface area is 59.5 Å². The van der Waals surface area contributed by atoms with Crippen molar-refractivity contribution < 1.29 is 22.7 Å². The maximum absolute atomic E-state index is 9.10. The van der Waals surface area contributed by atoms with E-state index in [1.54, 1.807) is 0 Å². The first-order valence-electron chi connectivity index (χ1n) is 0.841. The molecule has 0 unspecified atom stereocenters. The van der Waals surface area contributed by atoms with Crippen molar-refractivity contribution in [2.45, 2.75) is 0 Å². The molecule has 0 saturated carbocycles. The van der Waals surface area contributed by atoms with Crippen molar-refractivity contribution >= 4 is 30.8 Å². The quantitative estimate of drug-likeness (QED) is 0.269. The summed E-state index contributed by atoms with van der Waals surface area (Å²) in [6.45, 7) is 0. The summed E-state index contributed by atoms with van der Waals surface area (Å²) in [5, 5.41) is 0. The molecule has 44 valence electrons. The molecule has 0 bridgehead atoms. The van der Waals surface area contributed by atoms with Crippen molar-refractivity contribution in [2.75, 3.05) is 0 Å². The van der Waals surface area contributed by atoms with Gasteiger partial charge >= 0.3 is 30.8 Å².